The third-order valence-electron chi connectivity index (χ3n) is 1.88. The minimum absolute atomic E-state index is 0.0499. The molecule has 0 aliphatic carbocycles. The van der Waals surface area contributed by atoms with E-state index < -0.39 is 5.91 Å². The Morgan fingerprint density at radius 1 is 1.31 bits per heavy atom. The number of primary amides is 1. The molecule has 0 saturated carbocycles. The van der Waals surface area contributed by atoms with Crippen molar-refractivity contribution in [3.63, 3.8) is 0 Å². The quantitative estimate of drug-likeness (QED) is 0.769. The average molecular weight is 219 g/mol. The number of amides is 1. The average Bonchev–Trinajstić information content (AvgIpc) is 2.28. The van der Waals surface area contributed by atoms with Crippen LogP contribution in [0.4, 0.5) is 0 Å². The summed E-state index contributed by atoms with van der Waals surface area (Å²) in [6, 6.07) is 5.29. The molecule has 0 aromatic heterocycles. The molecule has 0 radical (unpaired) electrons. The summed E-state index contributed by atoms with van der Waals surface area (Å²) in [5.41, 5.74) is 5.72. The van der Waals surface area contributed by atoms with Crippen LogP contribution >= 0.6 is 0 Å². The number of benzene rings is 1. The second kappa shape index (κ2) is 5.66. The summed E-state index contributed by atoms with van der Waals surface area (Å²) in [7, 11) is 3.12. The predicted molar refractivity (Wildman–Crippen MR) is 60.2 cm³/mol. The first-order chi connectivity index (χ1) is 7.67. The molecule has 1 amide bonds. The zero-order valence-electron chi connectivity index (χ0n) is 9.24. The van der Waals surface area contributed by atoms with Crippen LogP contribution in [0.5, 0.6) is 11.5 Å². The van der Waals surface area contributed by atoms with Crippen LogP contribution in [-0.4, -0.2) is 20.1 Å². The molecule has 2 N–H and O–H groups in total. The summed E-state index contributed by atoms with van der Waals surface area (Å²) < 4.78 is 10.2. The van der Waals surface area contributed by atoms with Crippen LogP contribution < -0.4 is 15.2 Å². The maximum Gasteiger partial charge on any atom is 0.229 e. The highest BCUT2D eigenvalue weighted by Gasteiger charge is 2.02. The Morgan fingerprint density at radius 3 is 2.56 bits per heavy atom. The van der Waals surface area contributed by atoms with Crippen LogP contribution in [0.3, 0.4) is 0 Å². The van der Waals surface area contributed by atoms with E-state index in [0.717, 1.165) is 5.56 Å². The molecule has 0 bridgehead atoms. The van der Waals surface area contributed by atoms with Crippen molar-refractivity contribution in [3.05, 3.63) is 23.8 Å². The van der Waals surface area contributed by atoms with E-state index in [4.69, 9.17) is 15.2 Å². The minimum atomic E-state index is -0.437. The van der Waals surface area contributed by atoms with Crippen molar-refractivity contribution in [3.8, 4) is 23.3 Å². The highest BCUT2D eigenvalue weighted by atomic mass is 16.5. The first-order valence-electron chi connectivity index (χ1n) is 4.66. The third-order valence-corrected chi connectivity index (χ3v) is 1.88. The third kappa shape index (κ3) is 3.21. The summed E-state index contributed by atoms with van der Waals surface area (Å²) in [4.78, 5) is 10.5. The zero-order valence-corrected chi connectivity index (χ0v) is 9.24. The minimum Gasteiger partial charge on any atom is -0.493 e. The summed E-state index contributed by atoms with van der Waals surface area (Å²) in [6.07, 6.45) is 0.0499. The van der Waals surface area contributed by atoms with Crippen molar-refractivity contribution >= 4 is 5.91 Å². The second-order valence-corrected chi connectivity index (χ2v) is 3.01. The van der Waals surface area contributed by atoms with E-state index >= 15 is 0 Å². The van der Waals surface area contributed by atoms with Gasteiger partial charge in [-0.15, -0.1) is 0 Å². The number of hydrogen-bond acceptors (Lipinski definition) is 3. The smallest absolute Gasteiger partial charge is 0.229 e. The Kier molecular flexibility index (Phi) is 4.22. The van der Waals surface area contributed by atoms with Gasteiger partial charge in [0.2, 0.25) is 5.91 Å². The Balaban J connectivity index is 2.89. The molecule has 1 aromatic carbocycles. The summed E-state index contributed by atoms with van der Waals surface area (Å²) in [6.45, 7) is 0. The van der Waals surface area contributed by atoms with E-state index in [9.17, 15) is 4.79 Å². The van der Waals surface area contributed by atoms with Crippen LogP contribution in [0.15, 0.2) is 18.2 Å². The molecule has 4 nitrogen and oxygen atoms in total. The molecule has 0 spiro atoms. The molecule has 0 saturated heterocycles. The van der Waals surface area contributed by atoms with Gasteiger partial charge in [0.05, 0.1) is 20.6 Å². The normalized spacial score (nSPS) is 8.88. The fraction of sp³-hybridized carbons (Fsp3) is 0.250. The van der Waals surface area contributed by atoms with E-state index in [1.54, 1.807) is 32.4 Å². The van der Waals surface area contributed by atoms with Crippen molar-refractivity contribution in [1.29, 1.82) is 0 Å². The van der Waals surface area contributed by atoms with E-state index in [-0.39, 0.29) is 6.42 Å². The standard InChI is InChI=1S/C12H13NO3/c1-15-10-7-6-9(8-11(10)16-2)4-3-5-12(13)14/h6-8H,5H2,1-2H3,(H2,13,14). The fourth-order valence-electron chi connectivity index (χ4n) is 1.15. The van der Waals surface area contributed by atoms with Gasteiger partial charge < -0.3 is 15.2 Å². The number of carbonyl (C=O) groups is 1. The van der Waals surface area contributed by atoms with Crippen LogP contribution in [-0.2, 0) is 4.79 Å². The number of ether oxygens (including phenoxy) is 2. The molecule has 1 rings (SSSR count). The lowest BCUT2D eigenvalue weighted by Gasteiger charge is -2.06. The second-order valence-electron chi connectivity index (χ2n) is 3.01. The number of carbonyl (C=O) groups excluding carboxylic acids is 1. The van der Waals surface area contributed by atoms with E-state index in [2.05, 4.69) is 11.8 Å². The lowest BCUT2D eigenvalue weighted by molar-refractivity contribution is -0.117. The Hall–Kier alpha value is -2.15. The Labute approximate surface area is 94.3 Å². The van der Waals surface area contributed by atoms with Crippen LogP contribution in [0.1, 0.15) is 12.0 Å². The maximum atomic E-state index is 10.5. The highest BCUT2D eigenvalue weighted by molar-refractivity contribution is 5.76. The van der Waals surface area contributed by atoms with Gasteiger partial charge in [-0.25, -0.2) is 0 Å². The molecule has 0 aliphatic heterocycles. The van der Waals surface area contributed by atoms with Crippen LogP contribution in [0.2, 0.25) is 0 Å². The monoisotopic (exact) mass is 219 g/mol. The molecular weight excluding hydrogens is 206 g/mol. The molecule has 0 unspecified atom stereocenters. The van der Waals surface area contributed by atoms with Gasteiger partial charge in [-0.05, 0) is 18.2 Å². The molecular formula is C12H13NO3. The largest absolute Gasteiger partial charge is 0.493 e. The highest BCUT2D eigenvalue weighted by Crippen LogP contribution is 2.26. The topological polar surface area (TPSA) is 61.5 Å². The lowest BCUT2D eigenvalue weighted by atomic mass is 10.2. The summed E-state index contributed by atoms with van der Waals surface area (Å²) in [5.74, 6) is 6.29. The van der Waals surface area contributed by atoms with Gasteiger partial charge in [0.15, 0.2) is 11.5 Å². The molecule has 4 heteroatoms. The lowest BCUT2D eigenvalue weighted by Crippen LogP contribution is -2.08. The molecule has 0 heterocycles. The van der Waals surface area contributed by atoms with Gasteiger partial charge in [0, 0.05) is 5.56 Å². The van der Waals surface area contributed by atoms with Crippen molar-refractivity contribution in [2.75, 3.05) is 14.2 Å². The summed E-state index contributed by atoms with van der Waals surface area (Å²) in [5, 5.41) is 0. The molecule has 0 atom stereocenters. The predicted octanol–water partition coefficient (Wildman–Crippen LogP) is 0.931. The Morgan fingerprint density at radius 2 is 2.00 bits per heavy atom. The maximum absolute atomic E-state index is 10.5. The molecule has 0 fully saturated rings. The van der Waals surface area contributed by atoms with Crippen molar-refractivity contribution in [2.24, 2.45) is 5.73 Å². The molecule has 0 aliphatic rings. The van der Waals surface area contributed by atoms with Crippen molar-refractivity contribution in [2.45, 2.75) is 6.42 Å². The van der Waals surface area contributed by atoms with Gasteiger partial charge in [-0.2, -0.15) is 0 Å². The van der Waals surface area contributed by atoms with Crippen molar-refractivity contribution in [1.82, 2.24) is 0 Å². The fourth-order valence-corrected chi connectivity index (χ4v) is 1.15. The zero-order chi connectivity index (χ0) is 12.0. The molecule has 16 heavy (non-hydrogen) atoms. The van der Waals surface area contributed by atoms with Gasteiger partial charge in [-0.1, -0.05) is 11.8 Å². The van der Waals surface area contributed by atoms with Gasteiger partial charge >= 0.3 is 0 Å². The SMILES string of the molecule is COc1ccc(C#CCC(N)=O)cc1OC. The number of methoxy groups -OCH3 is 2. The first-order valence-corrected chi connectivity index (χ1v) is 4.66. The van der Waals surface area contributed by atoms with Gasteiger partial charge in [-0.3, -0.25) is 4.79 Å². The van der Waals surface area contributed by atoms with E-state index in [1.165, 1.54) is 0 Å². The van der Waals surface area contributed by atoms with Crippen LogP contribution in [0.25, 0.3) is 0 Å². The van der Waals surface area contributed by atoms with Gasteiger partial charge in [0.25, 0.3) is 0 Å². The van der Waals surface area contributed by atoms with E-state index in [1.807, 2.05) is 0 Å². The Bertz CT molecular complexity index is 443. The first kappa shape index (κ1) is 11.9. The van der Waals surface area contributed by atoms with Crippen LogP contribution in [0, 0.1) is 11.8 Å². The molecule has 84 valence electrons. The van der Waals surface area contributed by atoms with E-state index in [0.29, 0.717) is 11.5 Å². The summed E-state index contributed by atoms with van der Waals surface area (Å²) >= 11 is 0. The molecule has 1 aromatic rings. The number of hydrogen-bond donors (Lipinski definition) is 1. The van der Waals surface area contributed by atoms with Gasteiger partial charge in [0.1, 0.15) is 0 Å². The number of nitrogens with two attached hydrogens (primary N) is 1. The number of rotatable bonds is 3. The van der Waals surface area contributed by atoms with Crippen molar-refractivity contribution < 1.29 is 14.3 Å².